The van der Waals surface area contributed by atoms with Gasteiger partial charge in [0.15, 0.2) is 0 Å². The number of halogens is 1. The number of rotatable bonds is 13. The lowest BCUT2D eigenvalue weighted by molar-refractivity contribution is -0.133. The summed E-state index contributed by atoms with van der Waals surface area (Å²) in [6.45, 7) is 9.04. The summed E-state index contributed by atoms with van der Waals surface area (Å²) in [5, 5.41) is 3.71. The molecule has 0 fully saturated rings. The van der Waals surface area contributed by atoms with Gasteiger partial charge in [-0.25, -0.2) is 4.79 Å². The van der Waals surface area contributed by atoms with E-state index in [0.29, 0.717) is 38.6 Å². The van der Waals surface area contributed by atoms with Crippen LogP contribution in [0, 0.1) is 5.92 Å². The zero-order chi connectivity index (χ0) is 26.6. The minimum Gasteiger partial charge on any atom is -0.345 e. The van der Waals surface area contributed by atoms with Crippen LogP contribution in [0.25, 0.3) is 0 Å². The molecule has 0 aliphatic carbocycles. The van der Waals surface area contributed by atoms with E-state index in [1.165, 1.54) is 0 Å². The normalized spacial score (nSPS) is 10.9. The molecule has 6 nitrogen and oxygen atoms in total. The van der Waals surface area contributed by atoms with Crippen molar-refractivity contribution in [2.24, 2.45) is 5.92 Å². The summed E-state index contributed by atoms with van der Waals surface area (Å²) in [6.07, 6.45) is 3.81. The number of amides is 3. The lowest BCUT2D eigenvalue weighted by Gasteiger charge is -2.29. The molecule has 0 saturated heterocycles. The Hall–Kier alpha value is -3.25. The number of nitrogens with one attached hydrogen (secondary N) is 1. The predicted molar refractivity (Wildman–Crippen MR) is 150 cm³/mol. The van der Waals surface area contributed by atoms with Gasteiger partial charge in [0.2, 0.25) is 5.91 Å². The first-order valence-electron chi connectivity index (χ1n) is 13.1. The van der Waals surface area contributed by atoms with E-state index < -0.39 is 0 Å². The Balaban J connectivity index is 1.70. The smallest absolute Gasteiger partial charge is 0.318 e. The molecule has 0 aliphatic heterocycles. The summed E-state index contributed by atoms with van der Waals surface area (Å²) < 4.78 is 2.13. The molecule has 37 heavy (non-hydrogen) atoms. The van der Waals surface area contributed by atoms with Crippen molar-refractivity contribution in [2.75, 3.05) is 19.6 Å². The second-order valence-electron chi connectivity index (χ2n) is 9.81. The second kappa shape index (κ2) is 14.5. The van der Waals surface area contributed by atoms with Crippen molar-refractivity contribution in [3.63, 3.8) is 0 Å². The summed E-state index contributed by atoms with van der Waals surface area (Å²) >= 11 is 6.39. The zero-order valence-electron chi connectivity index (χ0n) is 22.2. The lowest BCUT2D eigenvalue weighted by Crippen LogP contribution is -2.47. The number of unbranched alkanes of at least 4 members (excludes halogenated alkanes) is 1. The van der Waals surface area contributed by atoms with Crippen molar-refractivity contribution in [3.05, 3.63) is 94.8 Å². The first-order chi connectivity index (χ1) is 17.9. The van der Waals surface area contributed by atoms with Gasteiger partial charge in [0.1, 0.15) is 6.54 Å². The molecular formula is C30H39ClN4O2. The molecule has 3 rings (SSSR count). The molecule has 1 heterocycles. The van der Waals surface area contributed by atoms with Gasteiger partial charge < -0.3 is 19.7 Å². The van der Waals surface area contributed by atoms with E-state index in [1.807, 2.05) is 77.8 Å². The predicted octanol–water partition coefficient (Wildman–Crippen LogP) is 6.19. The standard InChI is InChI=1S/C30H39ClN4O2/c1-4-5-17-34(30(37)32-19-25-12-7-6-8-13-25)23-29(36)35(20-24(2)3)22-27-15-11-18-33(27)21-26-14-9-10-16-28(26)31/h6-16,18,24H,4-5,17,19-23H2,1-3H3,(H,32,37). The molecule has 7 heteroatoms. The SMILES string of the molecule is CCCCN(CC(=O)N(Cc1cccn1Cc1ccccc1Cl)CC(C)C)C(=O)NCc1ccccc1. The Morgan fingerprint density at radius 1 is 0.973 bits per heavy atom. The van der Waals surface area contributed by atoms with E-state index in [9.17, 15) is 9.59 Å². The second-order valence-corrected chi connectivity index (χ2v) is 10.2. The van der Waals surface area contributed by atoms with Crippen LogP contribution in [-0.2, 0) is 24.4 Å². The molecule has 2 aromatic carbocycles. The highest BCUT2D eigenvalue weighted by atomic mass is 35.5. The van der Waals surface area contributed by atoms with E-state index in [1.54, 1.807) is 4.90 Å². The molecule has 3 aromatic rings. The van der Waals surface area contributed by atoms with Gasteiger partial charge >= 0.3 is 6.03 Å². The Morgan fingerprint density at radius 3 is 2.41 bits per heavy atom. The fraction of sp³-hybridized carbons (Fsp3) is 0.400. The van der Waals surface area contributed by atoms with Crippen molar-refractivity contribution in [1.82, 2.24) is 19.7 Å². The molecule has 0 unspecified atom stereocenters. The van der Waals surface area contributed by atoms with Crippen LogP contribution < -0.4 is 5.32 Å². The van der Waals surface area contributed by atoms with E-state index in [2.05, 4.69) is 30.7 Å². The average molecular weight is 523 g/mol. The highest BCUT2D eigenvalue weighted by molar-refractivity contribution is 6.31. The third-order valence-corrected chi connectivity index (χ3v) is 6.56. The van der Waals surface area contributed by atoms with Gasteiger partial charge in [0.05, 0.1) is 6.54 Å². The fourth-order valence-electron chi connectivity index (χ4n) is 4.20. The van der Waals surface area contributed by atoms with Crippen LogP contribution in [-0.4, -0.2) is 45.9 Å². The minimum atomic E-state index is -0.211. The molecule has 0 atom stereocenters. The molecule has 1 aromatic heterocycles. The van der Waals surface area contributed by atoms with Gasteiger partial charge in [-0.3, -0.25) is 4.79 Å². The summed E-state index contributed by atoms with van der Waals surface area (Å²) in [7, 11) is 0. The number of nitrogens with zero attached hydrogens (tertiary/aromatic N) is 3. The van der Waals surface area contributed by atoms with Crippen LogP contribution in [0.2, 0.25) is 5.02 Å². The van der Waals surface area contributed by atoms with Gasteiger partial charge in [-0.1, -0.05) is 87.3 Å². The number of carbonyl (C=O) groups excluding carboxylic acids is 2. The van der Waals surface area contributed by atoms with Gasteiger partial charge in [-0.05, 0) is 41.7 Å². The first kappa shape index (κ1) is 28.3. The van der Waals surface area contributed by atoms with Crippen LogP contribution in [0.1, 0.15) is 50.4 Å². The third-order valence-electron chi connectivity index (χ3n) is 6.19. The van der Waals surface area contributed by atoms with Gasteiger partial charge in [-0.2, -0.15) is 0 Å². The Morgan fingerprint density at radius 2 is 1.70 bits per heavy atom. The van der Waals surface area contributed by atoms with Crippen molar-refractivity contribution >= 4 is 23.5 Å². The van der Waals surface area contributed by atoms with Crippen molar-refractivity contribution < 1.29 is 9.59 Å². The number of hydrogen-bond donors (Lipinski definition) is 1. The highest BCUT2D eigenvalue weighted by Gasteiger charge is 2.23. The molecule has 1 N–H and O–H groups in total. The van der Waals surface area contributed by atoms with Crippen molar-refractivity contribution in [2.45, 2.75) is 53.2 Å². The van der Waals surface area contributed by atoms with Gasteiger partial charge in [0, 0.05) is 43.1 Å². The van der Waals surface area contributed by atoms with E-state index in [-0.39, 0.29) is 18.5 Å². The van der Waals surface area contributed by atoms with Crippen LogP contribution in [0.4, 0.5) is 4.79 Å². The summed E-state index contributed by atoms with van der Waals surface area (Å²) in [6, 6.07) is 21.4. The number of carbonyl (C=O) groups is 2. The molecular weight excluding hydrogens is 484 g/mol. The zero-order valence-corrected chi connectivity index (χ0v) is 23.0. The fourth-order valence-corrected chi connectivity index (χ4v) is 4.39. The monoisotopic (exact) mass is 522 g/mol. The number of benzene rings is 2. The first-order valence-corrected chi connectivity index (χ1v) is 13.5. The van der Waals surface area contributed by atoms with Gasteiger partial charge in [-0.15, -0.1) is 0 Å². The number of aromatic nitrogens is 1. The average Bonchev–Trinajstić information content (AvgIpc) is 3.32. The molecule has 0 radical (unpaired) electrons. The maximum atomic E-state index is 13.6. The summed E-state index contributed by atoms with van der Waals surface area (Å²) in [5.41, 5.74) is 3.09. The molecule has 0 spiro atoms. The van der Waals surface area contributed by atoms with E-state index in [0.717, 1.165) is 34.7 Å². The molecule has 0 bridgehead atoms. The molecule has 0 aliphatic rings. The largest absolute Gasteiger partial charge is 0.345 e. The van der Waals surface area contributed by atoms with E-state index >= 15 is 0 Å². The van der Waals surface area contributed by atoms with Crippen LogP contribution in [0.3, 0.4) is 0 Å². The van der Waals surface area contributed by atoms with E-state index in [4.69, 9.17) is 11.6 Å². The van der Waals surface area contributed by atoms with Crippen molar-refractivity contribution in [3.8, 4) is 0 Å². The van der Waals surface area contributed by atoms with Crippen LogP contribution in [0.5, 0.6) is 0 Å². The third kappa shape index (κ3) is 8.97. The highest BCUT2D eigenvalue weighted by Crippen LogP contribution is 2.18. The summed E-state index contributed by atoms with van der Waals surface area (Å²) in [4.78, 5) is 30.1. The van der Waals surface area contributed by atoms with Crippen LogP contribution in [0.15, 0.2) is 72.9 Å². The Labute approximate surface area is 226 Å². The quantitative estimate of drug-likeness (QED) is 0.291. The van der Waals surface area contributed by atoms with Crippen molar-refractivity contribution in [1.29, 1.82) is 0 Å². The number of urea groups is 1. The maximum absolute atomic E-state index is 13.6. The van der Waals surface area contributed by atoms with Gasteiger partial charge in [0.25, 0.3) is 0 Å². The molecule has 0 saturated carbocycles. The Kier molecular flexibility index (Phi) is 11.1. The van der Waals surface area contributed by atoms with Crippen LogP contribution >= 0.6 is 11.6 Å². The molecule has 3 amide bonds. The lowest BCUT2D eigenvalue weighted by atomic mass is 10.2. The summed E-state index contributed by atoms with van der Waals surface area (Å²) in [5.74, 6) is 0.247. The maximum Gasteiger partial charge on any atom is 0.318 e. The Bertz CT molecular complexity index is 1130. The number of hydrogen-bond acceptors (Lipinski definition) is 2. The molecule has 198 valence electrons. The minimum absolute atomic E-state index is 0.0508. The topological polar surface area (TPSA) is 57.6 Å².